The van der Waals surface area contributed by atoms with Gasteiger partial charge >= 0.3 is 0 Å². The summed E-state index contributed by atoms with van der Waals surface area (Å²) in [4.78, 5) is 4.23. The van der Waals surface area contributed by atoms with E-state index < -0.39 is 0 Å². The second-order valence-electron chi connectivity index (χ2n) is 3.48. The van der Waals surface area contributed by atoms with Gasteiger partial charge in [-0.1, -0.05) is 0 Å². The van der Waals surface area contributed by atoms with Crippen LogP contribution in [0.3, 0.4) is 0 Å². The number of methoxy groups -OCH3 is 3. The van der Waals surface area contributed by atoms with E-state index in [9.17, 15) is 0 Å². The van der Waals surface area contributed by atoms with E-state index in [1.807, 2.05) is 17.5 Å². The molecule has 6 heteroatoms. The number of nitrogens with two attached hydrogens (primary N) is 1. The molecule has 0 aliphatic heterocycles. The number of hydrogen-bond donors (Lipinski definition) is 1. The van der Waals surface area contributed by atoms with Gasteiger partial charge in [-0.05, 0) is 12.1 Å². The van der Waals surface area contributed by atoms with Gasteiger partial charge in [0.2, 0.25) is 5.75 Å². The Bertz CT molecular complexity index is 529. The molecule has 18 heavy (non-hydrogen) atoms. The van der Waals surface area contributed by atoms with E-state index in [4.69, 9.17) is 19.9 Å². The molecule has 1 heterocycles. The molecule has 0 radical (unpaired) electrons. The third-order valence-corrected chi connectivity index (χ3v) is 3.16. The van der Waals surface area contributed by atoms with Crippen molar-refractivity contribution in [3.63, 3.8) is 0 Å². The topological polar surface area (TPSA) is 66.6 Å². The maximum absolute atomic E-state index is 5.63. The van der Waals surface area contributed by atoms with Crippen molar-refractivity contribution in [3.05, 3.63) is 17.5 Å². The van der Waals surface area contributed by atoms with Gasteiger partial charge < -0.3 is 19.9 Å². The minimum atomic E-state index is 0.527. The highest BCUT2D eigenvalue weighted by molar-refractivity contribution is 7.13. The third-order valence-electron chi connectivity index (χ3n) is 2.48. The van der Waals surface area contributed by atoms with Gasteiger partial charge in [0.05, 0.1) is 27.0 Å². The number of rotatable bonds is 4. The largest absolute Gasteiger partial charge is 0.493 e. The van der Waals surface area contributed by atoms with Crippen molar-refractivity contribution in [1.29, 1.82) is 0 Å². The first-order valence-corrected chi connectivity index (χ1v) is 6.09. The number of aromatic nitrogens is 1. The van der Waals surface area contributed by atoms with Gasteiger partial charge in [0.1, 0.15) is 0 Å². The van der Waals surface area contributed by atoms with E-state index >= 15 is 0 Å². The first-order chi connectivity index (χ1) is 8.69. The molecule has 0 aliphatic carbocycles. The summed E-state index contributed by atoms with van der Waals surface area (Å²) in [5.41, 5.74) is 7.29. The fourth-order valence-corrected chi connectivity index (χ4v) is 2.22. The number of thiazole rings is 1. The highest BCUT2D eigenvalue weighted by Crippen LogP contribution is 2.41. The Kier molecular flexibility index (Phi) is 3.57. The molecule has 0 fully saturated rings. The molecule has 96 valence electrons. The lowest BCUT2D eigenvalue weighted by Crippen LogP contribution is -1.95. The highest BCUT2D eigenvalue weighted by atomic mass is 32.1. The minimum absolute atomic E-state index is 0.527. The summed E-state index contributed by atoms with van der Waals surface area (Å²) < 4.78 is 15.8. The lowest BCUT2D eigenvalue weighted by molar-refractivity contribution is 0.324. The van der Waals surface area contributed by atoms with Crippen molar-refractivity contribution in [2.45, 2.75) is 0 Å². The summed E-state index contributed by atoms with van der Waals surface area (Å²) in [6.45, 7) is 0. The van der Waals surface area contributed by atoms with Crippen LogP contribution in [0.2, 0.25) is 0 Å². The number of nitrogen functional groups attached to an aromatic ring is 1. The predicted octanol–water partition coefficient (Wildman–Crippen LogP) is 2.42. The van der Waals surface area contributed by atoms with Crippen molar-refractivity contribution >= 4 is 16.5 Å². The molecule has 2 rings (SSSR count). The molecule has 0 aliphatic rings. The average Bonchev–Trinajstić information content (AvgIpc) is 2.83. The Labute approximate surface area is 109 Å². The summed E-state index contributed by atoms with van der Waals surface area (Å²) in [5.74, 6) is 1.75. The average molecular weight is 266 g/mol. The van der Waals surface area contributed by atoms with Crippen LogP contribution in [0.25, 0.3) is 11.3 Å². The minimum Gasteiger partial charge on any atom is -0.493 e. The number of benzene rings is 1. The summed E-state index contributed by atoms with van der Waals surface area (Å²) >= 11 is 1.39. The van der Waals surface area contributed by atoms with Gasteiger partial charge in [-0.2, -0.15) is 0 Å². The molecule has 1 aromatic heterocycles. The normalized spacial score (nSPS) is 10.2. The molecule has 2 N–H and O–H groups in total. The molecule has 5 nitrogen and oxygen atoms in total. The Morgan fingerprint density at radius 3 is 2.06 bits per heavy atom. The van der Waals surface area contributed by atoms with Gasteiger partial charge in [0.15, 0.2) is 16.6 Å². The molecule has 0 unspecified atom stereocenters. The highest BCUT2D eigenvalue weighted by Gasteiger charge is 2.15. The van der Waals surface area contributed by atoms with Crippen LogP contribution in [0, 0.1) is 0 Å². The van der Waals surface area contributed by atoms with Crippen molar-refractivity contribution in [2.24, 2.45) is 0 Å². The van der Waals surface area contributed by atoms with Gasteiger partial charge in [-0.25, -0.2) is 4.98 Å². The second-order valence-corrected chi connectivity index (χ2v) is 4.37. The monoisotopic (exact) mass is 266 g/mol. The molecule has 0 amide bonds. The molecule has 0 spiro atoms. The zero-order valence-electron chi connectivity index (χ0n) is 10.4. The summed E-state index contributed by atoms with van der Waals surface area (Å²) in [7, 11) is 4.73. The Hall–Kier alpha value is -1.95. The molecule has 0 bridgehead atoms. The molecular weight excluding hydrogens is 252 g/mol. The van der Waals surface area contributed by atoms with E-state index in [0.29, 0.717) is 22.4 Å². The maximum Gasteiger partial charge on any atom is 0.203 e. The van der Waals surface area contributed by atoms with Crippen molar-refractivity contribution in [3.8, 4) is 28.5 Å². The molecular formula is C12H14N2O3S. The molecule has 0 atom stereocenters. The van der Waals surface area contributed by atoms with Gasteiger partial charge in [0, 0.05) is 10.9 Å². The van der Waals surface area contributed by atoms with Crippen LogP contribution in [0.15, 0.2) is 17.5 Å². The second kappa shape index (κ2) is 5.14. The van der Waals surface area contributed by atoms with E-state index in [0.717, 1.165) is 11.3 Å². The van der Waals surface area contributed by atoms with Gasteiger partial charge in [-0.3, -0.25) is 0 Å². The van der Waals surface area contributed by atoms with Crippen LogP contribution in [0.1, 0.15) is 0 Å². The van der Waals surface area contributed by atoms with Crippen molar-refractivity contribution in [2.75, 3.05) is 27.1 Å². The zero-order chi connectivity index (χ0) is 13.1. The molecule has 0 saturated heterocycles. The zero-order valence-corrected chi connectivity index (χ0v) is 11.2. The number of ether oxygens (including phenoxy) is 3. The first-order valence-electron chi connectivity index (χ1n) is 5.21. The smallest absolute Gasteiger partial charge is 0.203 e. The van der Waals surface area contributed by atoms with E-state index in [1.54, 1.807) is 21.3 Å². The number of nitrogens with zero attached hydrogens (tertiary/aromatic N) is 1. The summed E-state index contributed by atoms with van der Waals surface area (Å²) in [6.07, 6.45) is 0. The van der Waals surface area contributed by atoms with E-state index in [1.165, 1.54) is 11.3 Å². The number of hydrogen-bond acceptors (Lipinski definition) is 6. The van der Waals surface area contributed by atoms with Crippen LogP contribution in [0.4, 0.5) is 5.13 Å². The summed E-state index contributed by atoms with van der Waals surface area (Å²) in [6, 6.07) is 3.69. The lowest BCUT2D eigenvalue weighted by Gasteiger charge is -2.13. The quantitative estimate of drug-likeness (QED) is 0.920. The molecule has 0 saturated carbocycles. The van der Waals surface area contributed by atoms with Crippen LogP contribution in [-0.4, -0.2) is 26.3 Å². The van der Waals surface area contributed by atoms with Gasteiger partial charge in [-0.15, -0.1) is 11.3 Å². The van der Waals surface area contributed by atoms with Crippen molar-refractivity contribution in [1.82, 2.24) is 4.98 Å². The fraction of sp³-hybridized carbons (Fsp3) is 0.250. The first kappa shape index (κ1) is 12.5. The Morgan fingerprint density at radius 2 is 1.67 bits per heavy atom. The SMILES string of the molecule is COc1cc(-c2csc(N)n2)cc(OC)c1OC. The van der Waals surface area contributed by atoms with Crippen LogP contribution in [0.5, 0.6) is 17.2 Å². The Morgan fingerprint density at radius 1 is 1.06 bits per heavy atom. The van der Waals surface area contributed by atoms with Gasteiger partial charge in [0.25, 0.3) is 0 Å². The molecule has 2 aromatic rings. The van der Waals surface area contributed by atoms with Crippen LogP contribution < -0.4 is 19.9 Å². The van der Waals surface area contributed by atoms with E-state index in [-0.39, 0.29) is 0 Å². The Balaban J connectivity index is 2.56. The van der Waals surface area contributed by atoms with Crippen LogP contribution >= 0.6 is 11.3 Å². The third kappa shape index (κ3) is 2.19. The fourth-order valence-electron chi connectivity index (χ4n) is 1.65. The molecule has 1 aromatic carbocycles. The lowest BCUT2D eigenvalue weighted by atomic mass is 10.1. The summed E-state index contributed by atoms with van der Waals surface area (Å²) in [5, 5.41) is 2.41. The predicted molar refractivity (Wildman–Crippen MR) is 71.6 cm³/mol. The van der Waals surface area contributed by atoms with Crippen LogP contribution in [-0.2, 0) is 0 Å². The maximum atomic E-state index is 5.63. The van der Waals surface area contributed by atoms with Crippen molar-refractivity contribution < 1.29 is 14.2 Å². The van der Waals surface area contributed by atoms with E-state index in [2.05, 4.69) is 4.98 Å². The standard InChI is InChI=1S/C12H14N2O3S/c1-15-9-4-7(8-6-18-12(13)14-8)5-10(16-2)11(9)17-3/h4-6H,1-3H3,(H2,13,14). The number of anilines is 1.